The highest BCUT2D eigenvalue weighted by Crippen LogP contribution is 2.36. The van der Waals surface area contributed by atoms with Gasteiger partial charge in [0, 0.05) is 24.7 Å². The lowest BCUT2D eigenvalue weighted by Gasteiger charge is -2.25. The van der Waals surface area contributed by atoms with Gasteiger partial charge in [-0.3, -0.25) is 13.9 Å². The van der Waals surface area contributed by atoms with E-state index in [4.69, 9.17) is 15.4 Å². The van der Waals surface area contributed by atoms with Gasteiger partial charge >= 0.3 is 11.7 Å². The average molecular weight is 349 g/mol. The molecule has 1 aliphatic heterocycles. The van der Waals surface area contributed by atoms with E-state index < -0.39 is 17.8 Å². The number of aliphatic carboxylic acids is 1. The standard InChI is InChI=1S/C16H23N5O4/c17-11(15(22)23)5-3-4-10(14-18-8-9-19-14)12-6-1-2-7-13-20-25-16(24)21(12)13/h8-12H,1-7,17H2,(H,18,19)(H,22,23). The van der Waals surface area contributed by atoms with E-state index in [0.29, 0.717) is 25.1 Å². The highest BCUT2D eigenvalue weighted by molar-refractivity contribution is 5.72. The first-order valence-corrected chi connectivity index (χ1v) is 8.62. The average Bonchev–Trinajstić information content (AvgIpc) is 3.18. The van der Waals surface area contributed by atoms with E-state index in [0.717, 1.165) is 31.5 Å². The summed E-state index contributed by atoms with van der Waals surface area (Å²) in [4.78, 5) is 30.6. The van der Waals surface area contributed by atoms with E-state index in [1.807, 2.05) is 0 Å². The number of carboxylic acid groups (broad SMARTS) is 1. The molecular formula is C16H23N5O4. The third-order valence-corrected chi connectivity index (χ3v) is 4.87. The lowest BCUT2D eigenvalue weighted by atomic mass is 9.89. The number of rotatable bonds is 7. The molecule has 0 saturated heterocycles. The van der Waals surface area contributed by atoms with Gasteiger partial charge in [-0.05, 0) is 25.7 Å². The number of fused-ring (bicyclic) bond motifs is 1. The number of aryl methyl sites for hydroxylation is 1. The summed E-state index contributed by atoms with van der Waals surface area (Å²) >= 11 is 0. The second-order valence-corrected chi connectivity index (χ2v) is 6.50. The largest absolute Gasteiger partial charge is 0.480 e. The molecule has 1 aliphatic rings. The Morgan fingerprint density at radius 1 is 1.48 bits per heavy atom. The van der Waals surface area contributed by atoms with Crippen LogP contribution in [0.5, 0.6) is 0 Å². The predicted molar refractivity (Wildman–Crippen MR) is 88.1 cm³/mol. The van der Waals surface area contributed by atoms with Crippen molar-refractivity contribution < 1.29 is 14.4 Å². The molecule has 0 aromatic carbocycles. The third kappa shape index (κ3) is 3.81. The molecule has 0 radical (unpaired) electrons. The van der Waals surface area contributed by atoms with Crippen molar-refractivity contribution in [2.75, 3.05) is 0 Å². The second kappa shape index (κ2) is 7.64. The molecule has 9 heteroatoms. The van der Waals surface area contributed by atoms with E-state index in [1.165, 1.54) is 0 Å². The zero-order valence-corrected chi connectivity index (χ0v) is 13.9. The summed E-state index contributed by atoms with van der Waals surface area (Å²) in [7, 11) is 0. The van der Waals surface area contributed by atoms with Crippen molar-refractivity contribution >= 4 is 5.97 Å². The molecule has 0 bridgehead atoms. The first kappa shape index (κ1) is 17.4. The number of nitrogens with one attached hydrogen (secondary N) is 1. The fourth-order valence-electron chi connectivity index (χ4n) is 3.60. The lowest BCUT2D eigenvalue weighted by molar-refractivity contribution is -0.138. The van der Waals surface area contributed by atoms with Crippen molar-refractivity contribution in [3.05, 3.63) is 34.6 Å². The molecule has 9 nitrogen and oxygen atoms in total. The van der Waals surface area contributed by atoms with Crippen molar-refractivity contribution in [3.8, 4) is 0 Å². The van der Waals surface area contributed by atoms with E-state index >= 15 is 0 Å². The molecule has 3 atom stereocenters. The van der Waals surface area contributed by atoms with E-state index in [-0.39, 0.29) is 12.0 Å². The van der Waals surface area contributed by atoms with Gasteiger partial charge in [0.25, 0.3) is 0 Å². The zero-order chi connectivity index (χ0) is 17.8. The van der Waals surface area contributed by atoms with Crippen LogP contribution in [0.2, 0.25) is 0 Å². The Balaban J connectivity index is 1.83. The van der Waals surface area contributed by atoms with Crippen LogP contribution >= 0.6 is 0 Å². The number of carbonyl (C=O) groups is 1. The minimum absolute atomic E-state index is 0.0510. The Kier molecular flexibility index (Phi) is 5.32. The molecular weight excluding hydrogens is 326 g/mol. The van der Waals surface area contributed by atoms with Crippen molar-refractivity contribution in [1.29, 1.82) is 0 Å². The van der Waals surface area contributed by atoms with Crippen molar-refractivity contribution in [2.24, 2.45) is 5.73 Å². The molecule has 0 saturated carbocycles. The van der Waals surface area contributed by atoms with Gasteiger partial charge in [-0.15, -0.1) is 0 Å². The Morgan fingerprint density at radius 2 is 2.32 bits per heavy atom. The van der Waals surface area contributed by atoms with Crippen LogP contribution in [0.1, 0.15) is 62.1 Å². The number of imidazole rings is 1. The van der Waals surface area contributed by atoms with Gasteiger partial charge in [0.1, 0.15) is 11.9 Å². The molecule has 3 heterocycles. The third-order valence-electron chi connectivity index (χ3n) is 4.87. The van der Waals surface area contributed by atoms with Crippen LogP contribution in [0.3, 0.4) is 0 Å². The molecule has 0 aliphatic carbocycles. The molecule has 3 unspecified atom stereocenters. The van der Waals surface area contributed by atoms with Gasteiger partial charge in [0.2, 0.25) is 0 Å². The quantitative estimate of drug-likeness (QED) is 0.682. The fraction of sp³-hybridized carbons (Fsp3) is 0.625. The van der Waals surface area contributed by atoms with Crippen LogP contribution < -0.4 is 11.5 Å². The molecule has 2 aromatic heterocycles. The van der Waals surface area contributed by atoms with Gasteiger partial charge in [0.05, 0.1) is 6.04 Å². The summed E-state index contributed by atoms with van der Waals surface area (Å²) in [5.74, 6) is -0.0340. The summed E-state index contributed by atoms with van der Waals surface area (Å²) in [6, 6.07) is -0.983. The van der Waals surface area contributed by atoms with Crippen molar-refractivity contribution in [2.45, 2.75) is 62.9 Å². The van der Waals surface area contributed by atoms with E-state index in [1.54, 1.807) is 17.0 Å². The maximum absolute atomic E-state index is 12.2. The highest BCUT2D eigenvalue weighted by atomic mass is 16.5. The number of aromatic nitrogens is 4. The fourth-order valence-corrected chi connectivity index (χ4v) is 3.60. The van der Waals surface area contributed by atoms with Crippen LogP contribution in [-0.4, -0.2) is 36.8 Å². The second-order valence-electron chi connectivity index (χ2n) is 6.50. The normalized spacial score (nSPS) is 19.8. The van der Waals surface area contributed by atoms with E-state index in [9.17, 15) is 9.59 Å². The number of hydrogen-bond donors (Lipinski definition) is 3. The highest BCUT2D eigenvalue weighted by Gasteiger charge is 2.32. The maximum atomic E-state index is 12.2. The number of carboxylic acids is 1. The Morgan fingerprint density at radius 3 is 3.04 bits per heavy atom. The van der Waals surface area contributed by atoms with Gasteiger partial charge in [-0.1, -0.05) is 18.0 Å². The van der Waals surface area contributed by atoms with Crippen LogP contribution in [0.4, 0.5) is 0 Å². The number of H-pyrrole nitrogens is 1. The topological polar surface area (TPSA) is 140 Å². The van der Waals surface area contributed by atoms with Gasteiger partial charge in [-0.2, -0.15) is 0 Å². The molecule has 4 N–H and O–H groups in total. The molecule has 25 heavy (non-hydrogen) atoms. The number of nitrogens with zero attached hydrogens (tertiary/aromatic N) is 3. The molecule has 136 valence electrons. The summed E-state index contributed by atoms with van der Waals surface area (Å²) in [5.41, 5.74) is 5.61. The molecule has 0 fully saturated rings. The van der Waals surface area contributed by atoms with Crippen LogP contribution in [-0.2, 0) is 11.2 Å². The van der Waals surface area contributed by atoms with Crippen molar-refractivity contribution in [3.63, 3.8) is 0 Å². The van der Waals surface area contributed by atoms with Gasteiger partial charge in [-0.25, -0.2) is 9.78 Å². The Labute approximate surface area is 144 Å². The summed E-state index contributed by atoms with van der Waals surface area (Å²) in [6.45, 7) is 0. The smallest absolute Gasteiger partial charge is 0.441 e. The first-order valence-electron chi connectivity index (χ1n) is 8.62. The number of nitrogens with two attached hydrogens (primary N) is 1. The van der Waals surface area contributed by atoms with Crippen molar-refractivity contribution in [1.82, 2.24) is 19.7 Å². The number of hydrogen-bond acceptors (Lipinski definition) is 6. The van der Waals surface area contributed by atoms with Crippen LogP contribution in [0.25, 0.3) is 0 Å². The lowest BCUT2D eigenvalue weighted by Crippen LogP contribution is -2.30. The van der Waals surface area contributed by atoms with Crippen LogP contribution in [0, 0.1) is 0 Å². The molecule has 0 spiro atoms. The summed E-state index contributed by atoms with van der Waals surface area (Å²) < 4.78 is 6.52. The Bertz CT molecular complexity index is 751. The minimum Gasteiger partial charge on any atom is -0.480 e. The molecule has 2 aromatic rings. The Hall–Kier alpha value is -2.42. The number of aromatic amines is 1. The van der Waals surface area contributed by atoms with E-state index in [2.05, 4.69) is 15.1 Å². The SMILES string of the molecule is NC(CCCC(c1ncc[nH]1)C1CCCCc2noc(=O)n21)C(=O)O. The van der Waals surface area contributed by atoms with Gasteiger partial charge in [0.15, 0.2) is 5.82 Å². The predicted octanol–water partition coefficient (Wildman–Crippen LogP) is 1.19. The minimum atomic E-state index is -0.999. The zero-order valence-electron chi connectivity index (χ0n) is 13.9. The summed E-state index contributed by atoms with van der Waals surface area (Å²) in [5, 5.41) is 12.9. The van der Waals surface area contributed by atoms with Crippen LogP contribution in [0.15, 0.2) is 21.7 Å². The molecule has 3 rings (SSSR count). The first-order chi connectivity index (χ1) is 12.1. The summed E-state index contributed by atoms with van der Waals surface area (Å²) in [6.07, 6.45) is 8.60. The molecule has 0 amide bonds. The maximum Gasteiger partial charge on any atom is 0.441 e. The van der Waals surface area contributed by atoms with Gasteiger partial charge < -0.3 is 15.8 Å². The monoisotopic (exact) mass is 349 g/mol.